The van der Waals surface area contributed by atoms with Gasteiger partial charge in [0, 0.05) is 39.1 Å². The van der Waals surface area contributed by atoms with Gasteiger partial charge in [-0.3, -0.25) is 67.1 Å². The zero-order valence-electron chi connectivity index (χ0n) is 44.7. The van der Waals surface area contributed by atoms with Crippen LogP contribution in [0.25, 0.3) is 0 Å². The van der Waals surface area contributed by atoms with Gasteiger partial charge >= 0.3 is 5.97 Å². The van der Waals surface area contributed by atoms with Gasteiger partial charge in [0.2, 0.25) is 76.8 Å². The van der Waals surface area contributed by atoms with E-state index in [-0.39, 0.29) is 83.7 Å². The molecule has 79 heavy (non-hydrogen) atoms. The highest BCUT2D eigenvalue weighted by Gasteiger charge is 2.44. The summed E-state index contributed by atoms with van der Waals surface area (Å²) in [6.07, 6.45) is 3.19. The van der Waals surface area contributed by atoms with Crippen LogP contribution >= 0.6 is 0 Å². The lowest BCUT2D eigenvalue weighted by atomic mass is 10.0. The number of nitrogens with zero attached hydrogens (tertiary/aromatic N) is 5. The molecule has 5 rings (SSSR count). The normalized spacial score (nSPS) is 21.9. The van der Waals surface area contributed by atoms with Crippen LogP contribution in [0.1, 0.15) is 97.3 Å². The highest BCUT2D eigenvalue weighted by molar-refractivity contribution is 5.99. The predicted molar refractivity (Wildman–Crippen MR) is 273 cm³/mol. The summed E-state index contributed by atoms with van der Waals surface area (Å²) in [6.45, 7) is 1.02. The molecule has 13 N–H and O–H groups in total. The van der Waals surface area contributed by atoms with Crippen LogP contribution in [0.5, 0.6) is 0 Å². The van der Waals surface area contributed by atoms with E-state index < -0.39 is 164 Å². The second kappa shape index (κ2) is 29.5. The first-order chi connectivity index (χ1) is 37.6. The average Bonchev–Trinajstić information content (AvgIpc) is 4.31. The van der Waals surface area contributed by atoms with Gasteiger partial charge < -0.3 is 83.4 Å². The first-order valence-corrected chi connectivity index (χ1v) is 26.9. The third kappa shape index (κ3) is 17.0. The van der Waals surface area contributed by atoms with Crippen LogP contribution in [0.4, 0.5) is 0 Å². The number of hydrogen-bond donors (Lipinski definition) is 11. The van der Waals surface area contributed by atoms with Crippen molar-refractivity contribution >= 4 is 82.8 Å². The molecule has 0 radical (unpaired) electrons. The number of hydrogen-bond acceptors (Lipinski definition) is 16. The number of rotatable bonds is 26. The number of carboxylic acids is 1. The van der Waals surface area contributed by atoms with Gasteiger partial charge in [-0.15, -0.1) is 0 Å². The monoisotopic (exact) mass is 1120 g/mol. The van der Waals surface area contributed by atoms with E-state index in [0.29, 0.717) is 44.9 Å². The molecule has 0 unspecified atom stereocenters. The number of carbonyl (C=O) groups is 14. The maximum Gasteiger partial charge on any atom is 0.322 e. The predicted octanol–water partition coefficient (Wildman–Crippen LogP) is -6.79. The van der Waals surface area contributed by atoms with Gasteiger partial charge in [0.25, 0.3) is 0 Å². The molecule has 30 nitrogen and oxygen atoms in total. The summed E-state index contributed by atoms with van der Waals surface area (Å²) < 4.78 is 0. The zero-order chi connectivity index (χ0) is 58.1. The molecule has 0 aromatic heterocycles. The summed E-state index contributed by atoms with van der Waals surface area (Å²) in [7, 11) is 0. The van der Waals surface area contributed by atoms with Crippen molar-refractivity contribution in [3.05, 3.63) is 0 Å². The van der Waals surface area contributed by atoms with Crippen molar-refractivity contribution in [3.8, 4) is 0 Å². The number of aliphatic hydroxyl groups is 1. The minimum atomic E-state index is -1.55. The zero-order valence-corrected chi connectivity index (χ0v) is 44.7. The number of carboxylic acid groups (broad SMARTS) is 1. The summed E-state index contributed by atoms with van der Waals surface area (Å²) >= 11 is 0. The highest BCUT2D eigenvalue weighted by Crippen LogP contribution is 2.26. The summed E-state index contributed by atoms with van der Waals surface area (Å²) in [5.74, 6) is -9.98. The van der Waals surface area contributed by atoms with E-state index in [1.165, 1.54) is 24.5 Å². The molecule has 13 amide bonds. The summed E-state index contributed by atoms with van der Waals surface area (Å²) in [5.41, 5.74) is 10.7. The Morgan fingerprint density at radius 3 is 1.38 bits per heavy atom. The number of primary amides is 1. The first-order valence-electron chi connectivity index (χ1n) is 26.9. The second-order valence-electron chi connectivity index (χ2n) is 20.6. The fraction of sp³-hybridized carbons (Fsp3) is 0.714. The van der Waals surface area contributed by atoms with Crippen molar-refractivity contribution in [3.63, 3.8) is 0 Å². The second-order valence-corrected chi connectivity index (χ2v) is 20.6. The van der Waals surface area contributed by atoms with Crippen LogP contribution in [-0.4, -0.2) is 238 Å². The van der Waals surface area contributed by atoms with Crippen molar-refractivity contribution in [2.45, 2.75) is 146 Å². The number of aliphatic carboxylic acids is 1. The molecule has 5 heterocycles. The molecule has 5 aliphatic rings. The molecule has 438 valence electrons. The number of aliphatic hydroxyl groups excluding tert-OH is 1. The number of carbonyl (C=O) groups excluding carboxylic acids is 13. The standard InChI is InChI=1S/C49H76N14O16/c1-27(2)20-29(56-37(66)21-50)48(78)62-18-5-8-31(62)44(74)53-23-39(68)60-16-4-11-34(60)47(77)58-30(26-64)43(73)52-22-40(69)61-17-7-12-35(61)49(79)63-19-6-9-32(63)45(75)54-24-38(67)59-15-3-10-33(59)46(76)57-28(13-14-36(51)65)42(72)55-25-41(70)71/h27-35,64H,3-26,50H2,1-2H3,(H2,51,65)(H,52,73)(H,53,74)(H,54,75)(H,55,72)(H,56,66)(H,57,76)(H,58,77)(H,70,71)/t28-,29-,30-,31-,32-,33-,34-,35-/m0/s1. The van der Waals surface area contributed by atoms with Crippen LogP contribution in [0.3, 0.4) is 0 Å². The van der Waals surface area contributed by atoms with Gasteiger partial charge in [-0.05, 0) is 83.0 Å². The third-order valence-electron chi connectivity index (χ3n) is 14.6. The molecule has 5 saturated heterocycles. The average molecular weight is 1120 g/mol. The van der Waals surface area contributed by atoms with Gasteiger partial charge in [0.1, 0.15) is 54.9 Å². The largest absolute Gasteiger partial charge is 0.480 e. The van der Waals surface area contributed by atoms with Gasteiger partial charge in [0.05, 0.1) is 32.8 Å². The van der Waals surface area contributed by atoms with E-state index in [0.717, 1.165) is 0 Å². The van der Waals surface area contributed by atoms with Crippen LogP contribution < -0.4 is 48.7 Å². The van der Waals surface area contributed by atoms with Crippen LogP contribution in [0.15, 0.2) is 0 Å². The highest BCUT2D eigenvalue weighted by atomic mass is 16.4. The van der Waals surface area contributed by atoms with Crippen molar-refractivity contribution in [1.82, 2.24) is 61.7 Å². The van der Waals surface area contributed by atoms with Gasteiger partial charge in [0.15, 0.2) is 0 Å². The third-order valence-corrected chi connectivity index (χ3v) is 14.6. The molecule has 0 spiro atoms. The van der Waals surface area contributed by atoms with E-state index in [9.17, 15) is 72.2 Å². The lowest BCUT2D eigenvalue weighted by Crippen LogP contribution is -2.57. The van der Waals surface area contributed by atoms with E-state index in [1.807, 2.05) is 13.8 Å². The van der Waals surface area contributed by atoms with Crippen LogP contribution in [0.2, 0.25) is 0 Å². The lowest BCUT2D eigenvalue weighted by molar-refractivity contribution is -0.147. The summed E-state index contributed by atoms with van der Waals surface area (Å²) in [4.78, 5) is 188. The van der Waals surface area contributed by atoms with Gasteiger partial charge in [-0.25, -0.2) is 0 Å². The molecule has 8 atom stereocenters. The van der Waals surface area contributed by atoms with E-state index >= 15 is 0 Å². The minimum absolute atomic E-state index is 0.0388. The van der Waals surface area contributed by atoms with Crippen molar-refractivity contribution in [1.29, 1.82) is 0 Å². The number of amides is 13. The van der Waals surface area contributed by atoms with E-state index in [4.69, 9.17) is 16.6 Å². The molecule has 0 bridgehead atoms. The summed E-state index contributed by atoms with van der Waals surface area (Å²) in [6, 6.07) is -8.79. The molecular weight excluding hydrogens is 1040 g/mol. The molecule has 0 aromatic rings. The Balaban J connectivity index is 1.08. The van der Waals surface area contributed by atoms with E-state index in [2.05, 4.69) is 37.2 Å². The maximum atomic E-state index is 14.0. The Bertz CT molecular complexity index is 2340. The Hall–Kier alpha value is -7.50. The Labute approximate surface area is 455 Å². The quantitative estimate of drug-likeness (QED) is 0.0383. The molecule has 0 aromatic carbocycles. The lowest BCUT2D eigenvalue weighted by Gasteiger charge is -2.31. The van der Waals surface area contributed by atoms with Crippen LogP contribution in [-0.2, 0) is 67.1 Å². The molecule has 0 saturated carbocycles. The molecule has 5 aliphatic heterocycles. The fourth-order valence-electron chi connectivity index (χ4n) is 10.7. The molecule has 30 heteroatoms. The Morgan fingerprint density at radius 1 is 0.506 bits per heavy atom. The maximum absolute atomic E-state index is 14.0. The van der Waals surface area contributed by atoms with Crippen molar-refractivity contribution < 1.29 is 77.3 Å². The van der Waals surface area contributed by atoms with Gasteiger partial charge in [-0.2, -0.15) is 0 Å². The Morgan fingerprint density at radius 2 is 0.911 bits per heavy atom. The first kappa shape index (κ1) is 62.3. The minimum Gasteiger partial charge on any atom is -0.480 e. The molecular formula is C49H76N14O16. The smallest absolute Gasteiger partial charge is 0.322 e. The topological polar surface area (TPSA) is 432 Å². The van der Waals surface area contributed by atoms with Crippen LogP contribution in [0, 0.1) is 5.92 Å². The molecule has 0 aliphatic carbocycles. The number of nitrogens with two attached hydrogens (primary N) is 2. The number of likely N-dealkylation sites (tertiary alicyclic amines) is 5. The Kier molecular flexibility index (Phi) is 23.3. The van der Waals surface area contributed by atoms with Gasteiger partial charge in [-0.1, -0.05) is 13.8 Å². The fourth-order valence-corrected chi connectivity index (χ4v) is 10.7. The SMILES string of the molecule is CC(C)C[C@H](NC(=O)CN)C(=O)N1CCC[C@H]1C(=O)NCC(=O)N1CCC[C@H]1C(=O)N[C@@H](CO)C(=O)NCC(=O)N1CCC[C@H]1C(=O)N1CCC[C@H]1C(=O)NCC(=O)N1CCC[C@H]1C(=O)N[C@@H](CCC(N)=O)C(=O)NCC(=O)O. The van der Waals surface area contributed by atoms with Crippen molar-refractivity contribution in [2.75, 3.05) is 72.1 Å². The molecule has 5 fully saturated rings. The van der Waals surface area contributed by atoms with Crippen molar-refractivity contribution in [2.24, 2.45) is 17.4 Å². The summed E-state index contributed by atoms with van der Waals surface area (Å²) in [5, 5.41) is 36.3. The number of nitrogens with one attached hydrogen (secondary N) is 7. The van der Waals surface area contributed by atoms with E-state index in [1.54, 1.807) is 0 Å².